The molecule has 0 aliphatic rings. The molecule has 0 N–H and O–H groups in total. The summed E-state index contributed by atoms with van der Waals surface area (Å²) in [5, 5.41) is 0.770. The van der Waals surface area contributed by atoms with Gasteiger partial charge in [0.25, 0.3) is 0 Å². The van der Waals surface area contributed by atoms with E-state index in [1.165, 1.54) is 4.90 Å². The fourth-order valence-corrected chi connectivity index (χ4v) is 2.60. The molecule has 0 unspecified atom stereocenters. The highest BCUT2D eigenvalue weighted by atomic mass is 35.5. The van der Waals surface area contributed by atoms with Crippen molar-refractivity contribution >= 4 is 29.4 Å². The molecular weight excluding hydrogens is 236 g/mol. The Hall–Kier alpha value is -1.18. The lowest BCUT2D eigenvalue weighted by atomic mass is 10.2. The van der Waals surface area contributed by atoms with E-state index in [9.17, 15) is 0 Å². The fraction of sp³-hybridized carbons (Fsp3) is 0. The normalized spacial score (nSPS) is 10.1. The largest absolute Gasteiger partial charge is 0.0984 e. The van der Waals surface area contributed by atoms with Crippen LogP contribution in [0.2, 0.25) is 5.02 Å². The van der Waals surface area contributed by atoms with Gasteiger partial charge in [-0.3, -0.25) is 0 Å². The second-order valence-corrected chi connectivity index (χ2v) is 4.77. The van der Waals surface area contributed by atoms with E-state index < -0.39 is 0 Å². The Kier molecular flexibility index (Phi) is 3.70. The Morgan fingerprint density at radius 2 is 1.75 bits per heavy atom. The van der Waals surface area contributed by atoms with Gasteiger partial charge in [0.15, 0.2) is 0 Å². The molecule has 0 aromatic heterocycles. The summed E-state index contributed by atoms with van der Waals surface area (Å²) >= 11 is 7.93. The van der Waals surface area contributed by atoms with Crippen LogP contribution in [0.4, 0.5) is 0 Å². The van der Waals surface area contributed by atoms with E-state index in [4.69, 9.17) is 11.6 Å². The van der Waals surface area contributed by atoms with E-state index in [0.717, 1.165) is 15.5 Å². The van der Waals surface area contributed by atoms with Gasteiger partial charge < -0.3 is 0 Å². The molecule has 0 aliphatic heterocycles. The SMILES string of the molecule is C=Cc1cccc(Sc2ccccc2)c1Cl. The van der Waals surface area contributed by atoms with Crippen LogP contribution in [-0.2, 0) is 0 Å². The summed E-state index contributed by atoms with van der Waals surface area (Å²) in [7, 11) is 0. The van der Waals surface area contributed by atoms with Gasteiger partial charge in [0.2, 0.25) is 0 Å². The van der Waals surface area contributed by atoms with Gasteiger partial charge in [-0.15, -0.1) is 0 Å². The van der Waals surface area contributed by atoms with Gasteiger partial charge in [0.1, 0.15) is 0 Å². The number of halogens is 1. The van der Waals surface area contributed by atoms with Crippen LogP contribution in [-0.4, -0.2) is 0 Å². The van der Waals surface area contributed by atoms with E-state index >= 15 is 0 Å². The van der Waals surface area contributed by atoms with Crippen molar-refractivity contribution in [2.24, 2.45) is 0 Å². The van der Waals surface area contributed by atoms with Crippen molar-refractivity contribution in [2.45, 2.75) is 9.79 Å². The first kappa shape index (κ1) is 11.3. The molecule has 2 heteroatoms. The topological polar surface area (TPSA) is 0 Å². The summed E-state index contributed by atoms with van der Waals surface area (Å²) in [6, 6.07) is 16.2. The van der Waals surface area contributed by atoms with Crippen LogP contribution in [0.3, 0.4) is 0 Å². The summed E-state index contributed by atoms with van der Waals surface area (Å²) < 4.78 is 0. The molecule has 0 heterocycles. The molecule has 0 fully saturated rings. The average Bonchev–Trinajstić information content (AvgIpc) is 2.33. The molecule has 0 nitrogen and oxygen atoms in total. The van der Waals surface area contributed by atoms with Crippen LogP contribution >= 0.6 is 23.4 Å². The lowest BCUT2D eigenvalue weighted by Crippen LogP contribution is -1.79. The second kappa shape index (κ2) is 5.24. The maximum Gasteiger partial charge on any atom is 0.0617 e. The predicted octanol–water partition coefficient (Wildman–Crippen LogP) is 5.13. The van der Waals surface area contributed by atoms with Gasteiger partial charge >= 0.3 is 0 Å². The van der Waals surface area contributed by atoms with Gasteiger partial charge in [-0.25, -0.2) is 0 Å². The van der Waals surface area contributed by atoms with Crippen LogP contribution in [0, 0.1) is 0 Å². The third kappa shape index (κ3) is 2.49. The molecule has 2 rings (SSSR count). The average molecular weight is 247 g/mol. The predicted molar refractivity (Wildman–Crippen MR) is 72.1 cm³/mol. The van der Waals surface area contributed by atoms with Crippen LogP contribution in [0.1, 0.15) is 5.56 Å². The van der Waals surface area contributed by atoms with Gasteiger partial charge in [0, 0.05) is 9.79 Å². The Morgan fingerprint density at radius 1 is 1.00 bits per heavy atom. The lowest BCUT2D eigenvalue weighted by molar-refractivity contribution is 1.40. The number of rotatable bonds is 3. The van der Waals surface area contributed by atoms with Crippen molar-refractivity contribution in [3.8, 4) is 0 Å². The first-order chi connectivity index (χ1) is 7.81. The van der Waals surface area contributed by atoms with Crippen LogP contribution < -0.4 is 0 Å². The first-order valence-corrected chi connectivity index (χ1v) is 6.14. The number of hydrogen-bond acceptors (Lipinski definition) is 1. The molecule has 0 aliphatic carbocycles. The highest BCUT2D eigenvalue weighted by Gasteiger charge is 2.04. The molecule has 0 saturated heterocycles. The van der Waals surface area contributed by atoms with Crippen molar-refractivity contribution in [3.05, 3.63) is 65.7 Å². The zero-order valence-corrected chi connectivity index (χ0v) is 10.3. The van der Waals surface area contributed by atoms with Crippen molar-refractivity contribution in [3.63, 3.8) is 0 Å². The summed E-state index contributed by atoms with van der Waals surface area (Å²) in [6.07, 6.45) is 1.78. The van der Waals surface area contributed by atoms with Crippen molar-refractivity contribution in [1.29, 1.82) is 0 Å². The zero-order valence-electron chi connectivity index (χ0n) is 8.69. The minimum atomic E-state index is 0.770. The molecular formula is C14H11ClS. The Balaban J connectivity index is 2.32. The molecule has 2 aromatic rings. The van der Waals surface area contributed by atoms with E-state index in [1.807, 2.05) is 36.4 Å². The molecule has 16 heavy (non-hydrogen) atoms. The molecule has 0 radical (unpaired) electrons. The molecule has 0 spiro atoms. The zero-order chi connectivity index (χ0) is 11.4. The third-order valence-electron chi connectivity index (χ3n) is 2.18. The first-order valence-electron chi connectivity index (χ1n) is 4.95. The van der Waals surface area contributed by atoms with E-state index in [2.05, 4.69) is 18.7 Å². The van der Waals surface area contributed by atoms with Crippen LogP contribution in [0.5, 0.6) is 0 Å². The summed E-state index contributed by atoms with van der Waals surface area (Å²) in [6.45, 7) is 3.75. The molecule has 0 atom stereocenters. The fourth-order valence-electron chi connectivity index (χ4n) is 1.38. The smallest absolute Gasteiger partial charge is 0.0617 e. The third-order valence-corrected chi connectivity index (χ3v) is 3.79. The molecule has 0 saturated carbocycles. The monoisotopic (exact) mass is 246 g/mol. The second-order valence-electron chi connectivity index (χ2n) is 3.28. The van der Waals surface area contributed by atoms with Crippen molar-refractivity contribution < 1.29 is 0 Å². The van der Waals surface area contributed by atoms with Crippen molar-refractivity contribution in [2.75, 3.05) is 0 Å². The number of hydrogen-bond donors (Lipinski definition) is 0. The Labute approximate surface area is 105 Å². The van der Waals surface area contributed by atoms with E-state index in [0.29, 0.717) is 0 Å². The van der Waals surface area contributed by atoms with Crippen LogP contribution in [0.15, 0.2) is 64.9 Å². The molecule has 2 aromatic carbocycles. The minimum absolute atomic E-state index is 0.770. The van der Waals surface area contributed by atoms with Gasteiger partial charge in [-0.2, -0.15) is 0 Å². The quantitative estimate of drug-likeness (QED) is 0.723. The summed E-state index contributed by atoms with van der Waals surface area (Å²) in [4.78, 5) is 2.25. The Morgan fingerprint density at radius 3 is 2.44 bits per heavy atom. The minimum Gasteiger partial charge on any atom is -0.0984 e. The summed E-state index contributed by atoms with van der Waals surface area (Å²) in [5.41, 5.74) is 0.975. The standard InChI is InChI=1S/C14H11ClS/c1-2-11-7-6-10-13(14(11)15)16-12-8-4-3-5-9-12/h2-10H,1H2. The lowest BCUT2D eigenvalue weighted by Gasteiger charge is -2.06. The highest BCUT2D eigenvalue weighted by molar-refractivity contribution is 7.99. The van der Waals surface area contributed by atoms with Gasteiger partial charge in [0.05, 0.1) is 5.02 Å². The number of benzene rings is 2. The molecule has 80 valence electrons. The maximum atomic E-state index is 6.27. The highest BCUT2D eigenvalue weighted by Crippen LogP contribution is 2.35. The van der Waals surface area contributed by atoms with Crippen LogP contribution in [0.25, 0.3) is 6.08 Å². The molecule has 0 bridgehead atoms. The van der Waals surface area contributed by atoms with Crippen molar-refractivity contribution in [1.82, 2.24) is 0 Å². The van der Waals surface area contributed by atoms with E-state index in [1.54, 1.807) is 17.8 Å². The maximum absolute atomic E-state index is 6.27. The molecule has 0 amide bonds. The summed E-state index contributed by atoms with van der Waals surface area (Å²) in [5.74, 6) is 0. The van der Waals surface area contributed by atoms with E-state index in [-0.39, 0.29) is 0 Å². The van der Waals surface area contributed by atoms with Gasteiger partial charge in [-0.05, 0) is 23.8 Å². The van der Waals surface area contributed by atoms with Gasteiger partial charge in [-0.1, -0.05) is 66.3 Å². The Bertz CT molecular complexity index is 491.